The summed E-state index contributed by atoms with van der Waals surface area (Å²) in [6.07, 6.45) is 5.62. The van der Waals surface area contributed by atoms with Crippen molar-refractivity contribution in [1.29, 1.82) is 5.26 Å². The monoisotopic (exact) mass is 539 g/mol. The summed E-state index contributed by atoms with van der Waals surface area (Å²) in [5.74, 6) is 0.274. The lowest BCUT2D eigenvalue weighted by molar-refractivity contribution is 0.0585. The molecule has 0 saturated carbocycles. The van der Waals surface area contributed by atoms with Gasteiger partial charge in [-0.1, -0.05) is 17.3 Å². The highest BCUT2D eigenvalue weighted by molar-refractivity contribution is 5.89. The summed E-state index contributed by atoms with van der Waals surface area (Å²) in [7, 11) is 1.97. The number of hydrogen-bond donors (Lipinski definition) is 2. The van der Waals surface area contributed by atoms with Crippen LogP contribution < -0.4 is 10.2 Å². The van der Waals surface area contributed by atoms with Crippen LogP contribution in [0.4, 0.5) is 10.2 Å². The molecule has 3 aromatic heterocycles. The molecule has 0 aliphatic carbocycles. The van der Waals surface area contributed by atoms with Crippen molar-refractivity contribution in [1.82, 2.24) is 34.7 Å². The van der Waals surface area contributed by atoms with Crippen LogP contribution in [0.3, 0.4) is 0 Å². The molecule has 1 aliphatic rings. The maximum Gasteiger partial charge on any atom is 0.181 e. The first-order chi connectivity index (χ1) is 19.3. The van der Waals surface area contributed by atoms with Crippen LogP contribution in [-0.2, 0) is 6.54 Å². The largest absolute Gasteiger partial charge is 0.389 e. The number of fused-ring (bicyclic) bond motifs is 2. The fraction of sp³-hybridized carbons (Fsp3) is 0.345. The third-order valence-electron chi connectivity index (χ3n) is 7.33. The van der Waals surface area contributed by atoms with Crippen LogP contribution in [0.5, 0.6) is 0 Å². The number of hydrogen-bond acceptors (Lipinski definition) is 8. The Labute approximate surface area is 230 Å². The van der Waals surface area contributed by atoms with E-state index in [1.54, 1.807) is 44.4 Å². The molecule has 2 N–H and O–H groups in total. The van der Waals surface area contributed by atoms with Crippen molar-refractivity contribution in [3.8, 4) is 28.6 Å². The summed E-state index contributed by atoms with van der Waals surface area (Å²) in [6, 6.07) is 12.7. The van der Waals surface area contributed by atoms with Crippen LogP contribution in [0.2, 0.25) is 0 Å². The van der Waals surface area contributed by atoms with Crippen LogP contribution in [-0.4, -0.2) is 66.2 Å². The normalized spacial score (nSPS) is 16.1. The van der Waals surface area contributed by atoms with Crippen molar-refractivity contribution in [2.45, 2.75) is 44.9 Å². The van der Waals surface area contributed by atoms with Crippen molar-refractivity contribution >= 4 is 22.5 Å². The van der Waals surface area contributed by atoms with E-state index in [0.717, 1.165) is 37.3 Å². The number of nitrogens with zero attached hydrogens (tertiary/aromatic N) is 8. The molecule has 4 heterocycles. The van der Waals surface area contributed by atoms with E-state index in [1.807, 2.05) is 23.6 Å². The van der Waals surface area contributed by atoms with Gasteiger partial charge in [0, 0.05) is 48.7 Å². The maximum absolute atomic E-state index is 16.0. The van der Waals surface area contributed by atoms with Crippen LogP contribution in [0, 0.1) is 17.1 Å². The van der Waals surface area contributed by atoms with E-state index in [4.69, 9.17) is 9.97 Å². The minimum Gasteiger partial charge on any atom is -0.389 e. The zero-order valence-corrected chi connectivity index (χ0v) is 22.6. The molecule has 0 radical (unpaired) electrons. The molecule has 1 atom stereocenters. The fourth-order valence-corrected chi connectivity index (χ4v) is 5.41. The Bertz CT molecular complexity index is 1740. The average molecular weight is 540 g/mol. The lowest BCUT2D eigenvalue weighted by Crippen LogP contribution is -2.44. The zero-order chi connectivity index (χ0) is 28.0. The van der Waals surface area contributed by atoms with Crippen molar-refractivity contribution in [2.75, 3.05) is 25.0 Å². The number of nitrogens with one attached hydrogen (secondary N) is 1. The molecule has 6 rings (SSSR count). The molecule has 204 valence electrons. The Kier molecular flexibility index (Phi) is 6.44. The van der Waals surface area contributed by atoms with E-state index in [2.05, 4.69) is 26.6 Å². The highest BCUT2D eigenvalue weighted by Gasteiger charge is 2.27. The second kappa shape index (κ2) is 9.97. The van der Waals surface area contributed by atoms with Gasteiger partial charge in [-0.3, -0.25) is 4.40 Å². The van der Waals surface area contributed by atoms with Gasteiger partial charge < -0.3 is 15.3 Å². The second-order valence-corrected chi connectivity index (χ2v) is 10.9. The topological polar surface area (TPSA) is 120 Å². The third-order valence-corrected chi connectivity index (χ3v) is 7.33. The van der Waals surface area contributed by atoms with Gasteiger partial charge in [0.25, 0.3) is 0 Å². The Morgan fingerprint density at radius 1 is 1.23 bits per heavy atom. The first-order valence-corrected chi connectivity index (χ1v) is 13.3. The summed E-state index contributed by atoms with van der Waals surface area (Å²) in [6.45, 7) is 5.15. The molecule has 10 nitrogen and oxygen atoms in total. The molecular weight excluding hydrogens is 509 g/mol. The third kappa shape index (κ3) is 4.65. The van der Waals surface area contributed by atoms with E-state index >= 15 is 4.39 Å². The van der Waals surface area contributed by atoms with Gasteiger partial charge in [0.2, 0.25) is 0 Å². The van der Waals surface area contributed by atoms with E-state index < -0.39 is 11.4 Å². The molecule has 0 unspecified atom stereocenters. The minimum atomic E-state index is -1.04. The van der Waals surface area contributed by atoms with Gasteiger partial charge in [-0.15, -0.1) is 5.10 Å². The number of halogens is 1. The number of imidazole rings is 1. The van der Waals surface area contributed by atoms with Crippen molar-refractivity contribution in [3.05, 3.63) is 60.2 Å². The molecule has 0 amide bonds. The number of benzene rings is 2. The van der Waals surface area contributed by atoms with Gasteiger partial charge >= 0.3 is 0 Å². The number of aromatic nitrogens is 6. The number of anilines is 1. The molecular formula is C29H30FN9O. The van der Waals surface area contributed by atoms with Crippen molar-refractivity contribution in [2.24, 2.45) is 0 Å². The summed E-state index contributed by atoms with van der Waals surface area (Å²) < 4.78 is 19.4. The highest BCUT2D eigenvalue weighted by atomic mass is 19.1. The Morgan fingerprint density at radius 3 is 2.75 bits per heavy atom. The molecule has 11 heteroatoms. The van der Waals surface area contributed by atoms with Gasteiger partial charge in [0.15, 0.2) is 11.5 Å². The smallest absolute Gasteiger partial charge is 0.181 e. The Balaban J connectivity index is 1.56. The van der Waals surface area contributed by atoms with Crippen LogP contribution in [0.15, 0.2) is 48.8 Å². The van der Waals surface area contributed by atoms with Crippen molar-refractivity contribution in [3.63, 3.8) is 0 Å². The number of aliphatic hydroxyl groups is 1. The SMILES string of the molecule is CN[C@@H]1CCCN(c2nccn3c(-c4cc5nnn(CC(C)(C)O)c5cc4F)c(-c4ccc(C#N)cc4)nc23)C1. The molecule has 2 aromatic carbocycles. The molecule has 1 saturated heterocycles. The van der Waals surface area contributed by atoms with Crippen LogP contribution >= 0.6 is 0 Å². The lowest BCUT2D eigenvalue weighted by atomic mass is 10.0. The van der Waals surface area contributed by atoms with E-state index in [9.17, 15) is 10.4 Å². The van der Waals surface area contributed by atoms with E-state index in [1.165, 1.54) is 10.7 Å². The number of piperidine rings is 1. The van der Waals surface area contributed by atoms with Crippen LogP contribution in [0.25, 0.3) is 39.2 Å². The fourth-order valence-electron chi connectivity index (χ4n) is 5.41. The first-order valence-electron chi connectivity index (χ1n) is 13.3. The standard InChI is InChI=1S/C29H30FN9O/c1-29(2,40)17-39-24-14-22(30)21(13-23(24)35-36-39)26-25(19-8-6-18(15-31)7-9-19)34-28-27(33-10-12-38(26)28)37-11-4-5-20(16-37)32-3/h6-10,12-14,20,32,40H,4-5,11,16-17H2,1-3H3/t20-/m1/s1. The van der Waals surface area contributed by atoms with Gasteiger partial charge in [-0.25, -0.2) is 19.0 Å². The van der Waals surface area contributed by atoms with Gasteiger partial charge in [0.1, 0.15) is 11.3 Å². The summed E-state index contributed by atoms with van der Waals surface area (Å²) in [4.78, 5) is 12.0. The predicted molar refractivity (Wildman–Crippen MR) is 150 cm³/mol. The van der Waals surface area contributed by atoms with Crippen LogP contribution in [0.1, 0.15) is 32.3 Å². The average Bonchev–Trinajstić information content (AvgIpc) is 3.52. The predicted octanol–water partition coefficient (Wildman–Crippen LogP) is 3.78. The summed E-state index contributed by atoms with van der Waals surface area (Å²) in [5.41, 5.74) is 3.31. The number of rotatable bonds is 6. The first kappa shape index (κ1) is 25.9. The van der Waals surface area contributed by atoms with Gasteiger partial charge in [-0.2, -0.15) is 5.26 Å². The quantitative estimate of drug-likeness (QED) is 0.335. The molecule has 5 aromatic rings. The minimum absolute atomic E-state index is 0.173. The highest BCUT2D eigenvalue weighted by Crippen LogP contribution is 2.38. The maximum atomic E-state index is 16.0. The zero-order valence-electron chi connectivity index (χ0n) is 22.6. The lowest BCUT2D eigenvalue weighted by Gasteiger charge is -2.33. The van der Waals surface area contributed by atoms with E-state index in [0.29, 0.717) is 45.2 Å². The number of likely N-dealkylation sites (N-methyl/N-ethyl adjacent to an activating group) is 1. The summed E-state index contributed by atoms with van der Waals surface area (Å²) in [5, 5.41) is 31.4. The molecule has 1 aliphatic heterocycles. The molecule has 40 heavy (non-hydrogen) atoms. The molecule has 0 bridgehead atoms. The Hall–Kier alpha value is -4.40. The Morgan fingerprint density at radius 2 is 2.02 bits per heavy atom. The molecule has 0 spiro atoms. The van der Waals surface area contributed by atoms with Gasteiger partial charge in [0.05, 0.1) is 40.7 Å². The summed E-state index contributed by atoms with van der Waals surface area (Å²) >= 11 is 0. The number of nitriles is 1. The van der Waals surface area contributed by atoms with E-state index in [-0.39, 0.29) is 6.54 Å². The van der Waals surface area contributed by atoms with Gasteiger partial charge in [-0.05, 0) is 51.9 Å². The molecule has 1 fully saturated rings. The van der Waals surface area contributed by atoms with Crippen molar-refractivity contribution < 1.29 is 9.50 Å². The second-order valence-electron chi connectivity index (χ2n) is 10.9.